The number of aliphatic carboxylic acids is 1. The van der Waals surface area contributed by atoms with Gasteiger partial charge in [0.1, 0.15) is 0 Å². The number of rotatable bonds is 7. The van der Waals surface area contributed by atoms with Crippen molar-refractivity contribution in [2.45, 2.75) is 31.2 Å². The van der Waals surface area contributed by atoms with Crippen molar-refractivity contribution < 1.29 is 24.5 Å². The molecule has 17 heavy (non-hydrogen) atoms. The van der Waals surface area contributed by atoms with Gasteiger partial charge in [-0.2, -0.15) is 0 Å². The van der Waals surface area contributed by atoms with Crippen LogP contribution in [0.3, 0.4) is 0 Å². The fourth-order valence-corrected chi connectivity index (χ4v) is 2.05. The third kappa shape index (κ3) is 4.99. The highest BCUT2D eigenvalue weighted by Crippen LogP contribution is 2.20. The summed E-state index contributed by atoms with van der Waals surface area (Å²) < 4.78 is 10.2. The van der Waals surface area contributed by atoms with Crippen LogP contribution >= 0.6 is 0 Å². The molecule has 1 aliphatic rings. The number of nitrogens with zero attached hydrogens (tertiary/aromatic N) is 1. The molecule has 6 nitrogen and oxygen atoms in total. The average molecular weight is 247 g/mol. The first kappa shape index (κ1) is 14.4. The van der Waals surface area contributed by atoms with E-state index in [1.807, 2.05) is 11.9 Å². The zero-order valence-corrected chi connectivity index (χ0v) is 10.3. The lowest BCUT2D eigenvalue weighted by Gasteiger charge is -2.23. The van der Waals surface area contributed by atoms with Crippen molar-refractivity contribution in [3.8, 4) is 0 Å². The van der Waals surface area contributed by atoms with Crippen LogP contribution in [-0.4, -0.2) is 73.2 Å². The van der Waals surface area contributed by atoms with E-state index >= 15 is 0 Å². The molecule has 0 spiro atoms. The van der Waals surface area contributed by atoms with Gasteiger partial charge in [0.05, 0.1) is 18.8 Å². The fraction of sp³-hybridized carbons (Fsp3) is 0.909. The molecule has 1 heterocycles. The van der Waals surface area contributed by atoms with Crippen LogP contribution in [0.4, 0.5) is 0 Å². The summed E-state index contributed by atoms with van der Waals surface area (Å²) in [7, 11) is 3.41. The van der Waals surface area contributed by atoms with Gasteiger partial charge in [-0.05, 0) is 19.9 Å². The minimum Gasteiger partial charge on any atom is -0.479 e. The Morgan fingerprint density at radius 2 is 2.29 bits per heavy atom. The van der Waals surface area contributed by atoms with E-state index < -0.39 is 18.2 Å². The first-order valence-corrected chi connectivity index (χ1v) is 5.76. The summed E-state index contributed by atoms with van der Waals surface area (Å²) in [6, 6.07) is 0. The van der Waals surface area contributed by atoms with Gasteiger partial charge in [-0.3, -0.25) is 0 Å². The van der Waals surface area contributed by atoms with Crippen LogP contribution in [0.15, 0.2) is 0 Å². The minimum absolute atomic E-state index is 0.0594. The zero-order chi connectivity index (χ0) is 12.8. The molecule has 6 heteroatoms. The lowest BCUT2D eigenvalue weighted by Crippen LogP contribution is -2.37. The number of carbonyl (C=O) groups is 1. The van der Waals surface area contributed by atoms with E-state index in [4.69, 9.17) is 14.6 Å². The molecule has 2 N–H and O–H groups in total. The molecule has 0 aliphatic carbocycles. The fourth-order valence-electron chi connectivity index (χ4n) is 2.05. The van der Waals surface area contributed by atoms with Gasteiger partial charge in [0.25, 0.3) is 0 Å². The number of carboxylic acids is 1. The molecule has 1 saturated heterocycles. The van der Waals surface area contributed by atoms with Crippen LogP contribution in [0, 0.1) is 0 Å². The van der Waals surface area contributed by atoms with Gasteiger partial charge in [-0.25, -0.2) is 4.79 Å². The van der Waals surface area contributed by atoms with E-state index in [0.29, 0.717) is 26.1 Å². The van der Waals surface area contributed by atoms with E-state index in [0.717, 1.165) is 6.42 Å². The van der Waals surface area contributed by atoms with E-state index in [-0.39, 0.29) is 6.10 Å². The van der Waals surface area contributed by atoms with Crippen molar-refractivity contribution in [1.82, 2.24) is 4.90 Å². The summed E-state index contributed by atoms with van der Waals surface area (Å²) in [5.41, 5.74) is 0. The molecule has 0 aromatic rings. The first-order valence-electron chi connectivity index (χ1n) is 5.76. The van der Waals surface area contributed by atoms with Gasteiger partial charge in [0.2, 0.25) is 0 Å². The second-order valence-electron chi connectivity index (χ2n) is 4.49. The Morgan fingerprint density at radius 3 is 2.82 bits per heavy atom. The average Bonchev–Trinajstić information content (AvgIpc) is 2.66. The summed E-state index contributed by atoms with van der Waals surface area (Å²) in [4.78, 5) is 12.6. The molecule has 100 valence electrons. The molecular weight excluding hydrogens is 226 g/mol. The molecule has 0 aromatic heterocycles. The molecule has 0 saturated carbocycles. The maximum Gasteiger partial charge on any atom is 0.332 e. The van der Waals surface area contributed by atoms with E-state index in [2.05, 4.69) is 0 Å². The largest absolute Gasteiger partial charge is 0.479 e. The maximum atomic E-state index is 10.7. The van der Waals surface area contributed by atoms with Gasteiger partial charge in [0, 0.05) is 20.2 Å². The highest BCUT2D eigenvalue weighted by molar-refractivity contribution is 5.72. The number of ether oxygens (including phenoxy) is 2. The van der Waals surface area contributed by atoms with Gasteiger partial charge in [-0.15, -0.1) is 0 Å². The van der Waals surface area contributed by atoms with E-state index in [9.17, 15) is 9.90 Å². The number of aliphatic hydroxyl groups is 1. The predicted octanol–water partition coefficient (Wildman–Crippen LogP) is -0.442. The highest BCUT2D eigenvalue weighted by Gasteiger charge is 2.31. The monoisotopic (exact) mass is 247 g/mol. The number of carboxylic acid groups (broad SMARTS) is 1. The second kappa shape index (κ2) is 6.90. The number of hydrogen-bond acceptors (Lipinski definition) is 5. The van der Waals surface area contributed by atoms with E-state index in [1.54, 1.807) is 7.11 Å². The normalized spacial score (nSPS) is 26.4. The Labute approximate surface area is 101 Å². The van der Waals surface area contributed by atoms with Crippen molar-refractivity contribution >= 4 is 5.97 Å². The van der Waals surface area contributed by atoms with Crippen molar-refractivity contribution in [3.05, 3.63) is 0 Å². The number of aliphatic hydroxyl groups excluding tert-OH is 1. The Bertz CT molecular complexity index is 248. The molecule has 0 aromatic carbocycles. The number of methoxy groups -OCH3 is 1. The van der Waals surface area contributed by atoms with Gasteiger partial charge < -0.3 is 24.6 Å². The first-order chi connectivity index (χ1) is 8.02. The molecule has 1 fully saturated rings. The Balaban J connectivity index is 2.23. The number of likely N-dealkylation sites (N-methyl/N-ethyl adjacent to an activating group) is 1. The van der Waals surface area contributed by atoms with Crippen molar-refractivity contribution in [1.29, 1.82) is 0 Å². The van der Waals surface area contributed by atoms with Crippen LogP contribution in [0.1, 0.15) is 12.8 Å². The van der Waals surface area contributed by atoms with Crippen molar-refractivity contribution in [3.63, 3.8) is 0 Å². The summed E-state index contributed by atoms with van der Waals surface area (Å²) in [6.45, 7) is 1.42. The second-order valence-corrected chi connectivity index (χ2v) is 4.49. The smallest absolute Gasteiger partial charge is 0.332 e. The van der Waals surface area contributed by atoms with Crippen molar-refractivity contribution in [2.75, 3.05) is 33.9 Å². The van der Waals surface area contributed by atoms with Gasteiger partial charge >= 0.3 is 5.97 Å². The summed E-state index contributed by atoms with van der Waals surface area (Å²) in [6.07, 6.45) is 0.0608. The Morgan fingerprint density at radius 1 is 1.59 bits per heavy atom. The number of hydrogen-bond donors (Lipinski definition) is 2. The molecule has 3 unspecified atom stereocenters. The Hall–Kier alpha value is -0.690. The third-order valence-electron chi connectivity index (χ3n) is 2.78. The minimum atomic E-state index is -0.894. The van der Waals surface area contributed by atoms with Crippen LogP contribution in [0.2, 0.25) is 0 Å². The van der Waals surface area contributed by atoms with Crippen LogP contribution in [-0.2, 0) is 14.3 Å². The lowest BCUT2D eigenvalue weighted by molar-refractivity contribution is -0.149. The summed E-state index contributed by atoms with van der Waals surface area (Å²) >= 11 is 0. The molecule has 0 bridgehead atoms. The highest BCUT2D eigenvalue weighted by atomic mass is 16.5. The predicted molar refractivity (Wildman–Crippen MR) is 60.9 cm³/mol. The molecule has 0 radical (unpaired) electrons. The quantitative estimate of drug-likeness (QED) is 0.635. The topological polar surface area (TPSA) is 79.2 Å². The molecule has 1 aliphatic heterocycles. The van der Waals surface area contributed by atoms with Gasteiger partial charge in [0.15, 0.2) is 6.10 Å². The SMILES string of the molecule is COCC(O)CN(C)CC1CCC(C(=O)O)O1. The molecule has 3 atom stereocenters. The van der Waals surface area contributed by atoms with Gasteiger partial charge in [-0.1, -0.05) is 0 Å². The molecular formula is C11H21NO5. The third-order valence-corrected chi connectivity index (χ3v) is 2.78. The molecule has 1 rings (SSSR count). The summed E-state index contributed by atoms with van der Waals surface area (Å²) in [5, 5.41) is 18.3. The maximum absolute atomic E-state index is 10.7. The standard InChI is InChI=1S/C11H21NO5/c1-12(5-8(13)7-16-2)6-9-3-4-10(17-9)11(14)15/h8-10,13H,3-7H2,1-2H3,(H,14,15). The van der Waals surface area contributed by atoms with E-state index in [1.165, 1.54) is 0 Å². The van der Waals surface area contributed by atoms with Crippen LogP contribution in [0.25, 0.3) is 0 Å². The van der Waals surface area contributed by atoms with Crippen LogP contribution < -0.4 is 0 Å². The molecule has 0 amide bonds. The van der Waals surface area contributed by atoms with Crippen molar-refractivity contribution in [2.24, 2.45) is 0 Å². The zero-order valence-electron chi connectivity index (χ0n) is 10.3. The Kier molecular flexibility index (Phi) is 5.84. The summed E-state index contributed by atoms with van der Waals surface area (Å²) in [5.74, 6) is -0.894. The van der Waals surface area contributed by atoms with Crippen LogP contribution in [0.5, 0.6) is 0 Å². The lowest BCUT2D eigenvalue weighted by atomic mass is 10.2.